The lowest BCUT2D eigenvalue weighted by Crippen LogP contribution is -2.40. The van der Waals surface area contributed by atoms with Gasteiger partial charge in [0.15, 0.2) is 0 Å². The van der Waals surface area contributed by atoms with E-state index in [1.165, 1.54) is 11.3 Å². The Bertz CT molecular complexity index is 325. The van der Waals surface area contributed by atoms with Crippen molar-refractivity contribution in [2.24, 2.45) is 0 Å². The van der Waals surface area contributed by atoms with Crippen molar-refractivity contribution in [1.29, 1.82) is 0 Å². The zero-order chi connectivity index (χ0) is 10.8. The van der Waals surface area contributed by atoms with Crippen LogP contribution in [0.2, 0.25) is 0 Å². The van der Waals surface area contributed by atoms with E-state index in [2.05, 4.69) is 10.6 Å². The summed E-state index contributed by atoms with van der Waals surface area (Å²) >= 11 is 1.46. The highest BCUT2D eigenvalue weighted by atomic mass is 32.1. The number of amides is 1. The number of nitrogens with one attached hydrogen (secondary N) is 2. The van der Waals surface area contributed by atoms with E-state index >= 15 is 0 Å². The summed E-state index contributed by atoms with van der Waals surface area (Å²) in [6.45, 7) is 5.91. The van der Waals surface area contributed by atoms with Gasteiger partial charge in [0.05, 0.1) is 9.88 Å². The van der Waals surface area contributed by atoms with Crippen molar-refractivity contribution in [3.63, 3.8) is 0 Å². The molecule has 0 aliphatic carbocycles. The van der Waals surface area contributed by atoms with Crippen LogP contribution in [0.25, 0.3) is 0 Å². The summed E-state index contributed by atoms with van der Waals surface area (Å²) < 4.78 is 0. The Labute approximate surface area is 88.5 Å². The molecule has 0 saturated heterocycles. The van der Waals surface area contributed by atoms with E-state index in [0.717, 1.165) is 9.88 Å². The number of anilines is 1. The monoisotopic (exact) mass is 212 g/mol. The van der Waals surface area contributed by atoms with Crippen LogP contribution in [0.4, 0.5) is 5.00 Å². The third-order valence-corrected chi connectivity index (χ3v) is 2.67. The molecule has 4 heteroatoms. The predicted octanol–water partition coefficient (Wildman–Crippen LogP) is 2.32. The molecule has 1 heterocycles. The molecule has 0 aromatic carbocycles. The van der Waals surface area contributed by atoms with Gasteiger partial charge >= 0.3 is 0 Å². The van der Waals surface area contributed by atoms with Crippen LogP contribution in [0, 0.1) is 0 Å². The van der Waals surface area contributed by atoms with Crippen molar-refractivity contribution in [3.8, 4) is 0 Å². The van der Waals surface area contributed by atoms with Gasteiger partial charge in [0.2, 0.25) is 0 Å². The average Bonchev–Trinajstić information content (AvgIpc) is 2.48. The fraction of sp³-hybridized carbons (Fsp3) is 0.500. The lowest BCUT2D eigenvalue weighted by molar-refractivity contribution is 0.0924. The van der Waals surface area contributed by atoms with Gasteiger partial charge in [-0.1, -0.05) is 0 Å². The normalized spacial score (nSPS) is 11.1. The van der Waals surface area contributed by atoms with Crippen molar-refractivity contribution in [1.82, 2.24) is 5.32 Å². The van der Waals surface area contributed by atoms with Gasteiger partial charge in [-0.2, -0.15) is 0 Å². The van der Waals surface area contributed by atoms with Gasteiger partial charge in [0.25, 0.3) is 5.91 Å². The minimum absolute atomic E-state index is 0.0102. The van der Waals surface area contributed by atoms with Crippen LogP contribution in [-0.2, 0) is 0 Å². The largest absolute Gasteiger partial charge is 0.380 e. The first-order valence-corrected chi connectivity index (χ1v) is 5.34. The smallest absolute Gasteiger partial charge is 0.261 e. The maximum atomic E-state index is 11.7. The van der Waals surface area contributed by atoms with E-state index in [-0.39, 0.29) is 11.4 Å². The third kappa shape index (κ3) is 3.03. The maximum Gasteiger partial charge on any atom is 0.261 e. The van der Waals surface area contributed by atoms with Gasteiger partial charge in [-0.25, -0.2) is 0 Å². The molecule has 0 spiro atoms. The van der Waals surface area contributed by atoms with Crippen molar-refractivity contribution < 1.29 is 4.79 Å². The fourth-order valence-corrected chi connectivity index (χ4v) is 1.75. The van der Waals surface area contributed by atoms with Crippen molar-refractivity contribution >= 4 is 22.2 Å². The molecule has 14 heavy (non-hydrogen) atoms. The summed E-state index contributed by atoms with van der Waals surface area (Å²) in [5.74, 6) is -0.0102. The van der Waals surface area contributed by atoms with E-state index in [0.29, 0.717) is 0 Å². The minimum Gasteiger partial charge on any atom is -0.380 e. The molecule has 0 fully saturated rings. The molecule has 0 aliphatic rings. The molecule has 0 aliphatic heterocycles. The van der Waals surface area contributed by atoms with Crippen molar-refractivity contribution in [2.75, 3.05) is 12.4 Å². The molecule has 0 bridgehead atoms. The summed E-state index contributed by atoms with van der Waals surface area (Å²) in [5.41, 5.74) is -0.180. The molecule has 0 unspecified atom stereocenters. The number of hydrogen-bond donors (Lipinski definition) is 2. The summed E-state index contributed by atoms with van der Waals surface area (Å²) in [7, 11) is 1.84. The Balaban J connectivity index is 2.70. The number of hydrogen-bond acceptors (Lipinski definition) is 3. The van der Waals surface area contributed by atoms with Crippen molar-refractivity contribution in [2.45, 2.75) is 26.3 Å². The molecule has 0 saturated carbocycles. The van der Waals surface area contributed by atoms with Crippen LogP contribution in [-0.4, -0.2) is 18.5 Å². The molecule has 1 aromatic rings. The quantitative estimate of drug-likeness (QED) is 0.790. The van der Waals surface area contributed by atoms with Crippen LogP contribution in [0.1, 0.15) is 30.4 Å². The third-order valence-electron chi connectivity index (χ3n) is 1.56. The fourth-order valence-electron chi connectivity index (χ4n) is 0.996. The standard InChI is InChI=1S/C10H16N2OS/c1-10(2,3)12-9(13)7-5-6-8(11-4)14-7/h5-6,11H,1-4H3,(H,12,13). The van der Waals surface area contributed by atoms with E-state index < -0.39 is 0 Å². The summed E-state index contributed by atoms with van der Waals surface area (Å²) in [6, 6.07) is 3.74. The Kier molecular flexibility index (Phi) is 3.16. The lowest BCUT2D eigenvalue weighted by atomic mass is 10.1. The maximum absolute atomic E-state index is 11.7. The minimum atomic E-state index is -0.180. The first kappa shape index (κ1) is 11.0. The molecule has 1 amide bonds. The zero-order valence-corrected chi connectivity index (χ0v) is 9.79. The van der Waals surface area contributed by atoms with Crippen LogP contribution >= 0.6 is 11.3 Å². The van der Waals surface area contributed by atoms with E-state index in [1.54, 1.807) is 0 Å². The van der Waals surface area contributed by atoms with E-state index in [9.17, 15) is 4.79 Å². The molecular formula is C10H16N2OS. The topological polar surface area (TPSA) is 41.1 Å². The second-order valence-electron chi connectivity index (χ2n) is 4.12. The lowest BCUT2D eigenvalue weighted by Gasteiger charge is -2.19. The molecule has 0 radical (unpaired) electrons. The molecule has 1 aromatic heterocycles. The SMILES string of the molecule is CNc1ccc(C(=O)NC(C)(C)C)s1. The summed E-state index contributed by atoms with van der Waals surface area (Å²) in [6.07, 6.45) is 0. The van der Waals surface area contributed by atoms with Gasteiger partial charge < -0.3 is 10.6 Å². The second-order valence-corrected chi connectivity index (χ2v) is 5.20. The van der Waals surface area contributed by atoms with Gasteiger partial charge in [-0.05, 0) is 32.9 Å². The molecule has 0 atom stereocenters. The number of rotatable bonds is 2. The first-order valence-electron chi connectivity index (χ1n) is 4.52. The number of thiophene rings is 1. The zero-order valence-electron chi connectivity index (χ0n) is 8.97. The van der Waals surface area contributed by atoms with E-state index in [4.69, 9.17) is 0 Å². The highest BCUT2D eigenvalue weighted by molar-refractivity contribution is 7.17. The van der Waals surface area contributed by atoms with Gasteiger partial charge in [0, 0.05) is 12.6 Å². The number of carbonyl (C=O) groups excluding carboxylic acids is 1. The van der Waals surface area contributed by atoms with Gasteiger partial charge in [-0.3, -0.25) is 4.79 Å². The molecular weight excluding hydrogens is 196 g/mol. The van der Waals surface area contributed by atoms with Crippen molar-refractivity contribution in [3.05, 3.63) is 17.0 Å². The number of carbonyl (C=O) groups is 1. The predicted molar refractivity (Wildman–Crippen MR) is 61.1 cm³/mol. The van der Waals surface area contributed by atoms with E-state index in [1.807, 2.05) is 40.0 Å². The molecule has 2 N–H and O–H groups in total. The van der Waals surface area contributed by atoms with Gasteiger partial charge in [0.1, 0.15) is 0 Å². The second kappa shape index (κ2) is 4.00. The Morgan fingerprint density at radius 3 is 2.43 bits per heavy atom. The molecule has 3 nitrogen and oxygen atoms in total. The Hall–Kier alpha value is -1.03. The Morgan fingerprint density at radius 2 is 2.00 bits per heavy atom. The highest BCUT2D eigenvalue weighted by Gasteiger charge is 2.16. The van der Waals surface area contributed by atoms with Crippen LogP contribution in [0.3, 0.4) is 0 Å². The Morgan fingerprint density at radius 1 is 1.36 bits per heavy atom. The average molecular weight is 212 g/mol. The van der Waals surface area contributed by atoms with Crippen LogP contribution in [0.15, 0.2) is 12.1 Å². The summed E-state index contributed by atoms with van der Waals surface area (Å²) in [5, 5.41) is 6.92. The van der Waals surface area contributed by atoms with Gasteiger partial charge in [-0.15, -0.1) is 11.3 Å². The first-order chi connectivity index (χ1) is 6.42. The highest BCUT2D eigenvalue weighted by Crippen LogP contribution is 2.21. The van der Waals surface area contributed by atoms with Crippen LogP contribution < -0.4 is 10.6 Å². The molecule has 78 valence electrons. The molecule has 1 rings (SSSR count). The van der Waals surface area contributed by atoms with Crippen LogP contribution in [0.5, 0.6) is 0 Å². The summed E-state index contributed by atoms with van der Waals surface area (Å²) in [4.78, 5) is 12.4.